The van der Waals surface area contributed by atoms with E-state index in [4.69, 9.17) is 13.9 Å². The molecular weight excluding hydrogens is 262 g/mol. The first-order chi connectivity index (χ1) is 9.40. The van der Waals surface area contributed by atoms with Crippen molar-refractivity contribution in [2.24, 2.45) is 0 Å². The molecule has 1 aliphatic rings. The van der Waals surface area contributed by atoms with Crippen molar-refractivity contribution in [3.05, 3.63) is 42.2 Å². The second kappa shape index (κ2) is 4.13. The van der Waals surface area contributed by atoms with Gasteiger partial charge in [-0.3, -0.25) is 0 Å². The van der Waals surface area contributed by atoms with Crippen LogP contribution in [0.1, 0.15) is 0 Å². The van der Waals surface area contributed by atoms with E-state index in [1.807, 2.05) is 29.6 Å². The van der Waals surface area contributed by atoms with Crippen LogP contribution in [0.4, 0.5) is 0 Å². The maximum Gasteiger partial charge on any atom is 0.231 e. The number of thiazole rings is 1. The fraction of sp³-hybridized carbons (Fsp3) is 0.0714. The zero-order valence-corrected chi connectivity index (χ0v) is 10.6. The van der Waals surface area contributed by atoms with Crippen molar-refractivity contribution in [2.75, 3.05) is 6.79 Å². The third-order valence-corrected chi connectivity index (χ3v) is 3.83. The molecule has 3 aromatic rings. The smallest absolute Gasteiger partial charge is 0.231 e. The van der Waals surface area contributed by atoms with E-state index in [9.17, 15) is 0 Å². The number of benzene rings is 1. The minimum atomic E-state index is 0.288. The highest BCUT2D eigenvalue weighted by Gasteiger charge is 2.15. The van der Waals surface area contributed by atoms with Gasteiger partial charge in [-0.05, 0) is 24.3 Å². The molecule has 4 rings (SSSR count). The minimum Gasteiger partial charge on any atom is -0.472 e. The molecule has 4 nitrogen and oxygen atoms in total. The molecule has 0 aliphatic carbocycles. The van der Waals surface area contributed by atoms with E-state index in [0.29, 0.717) is 0 Å². The molecule has 3 heterocycles. The number of fused-ring (bicyclic) bond motifs is 1. The number of rotatable bonds is 2. The fourth-order valence-corrected chi connectivity index (χ4v) is 2.80. The molecular formula is C14H9NO3S. The van der Waals surface area contributed by atoms with Crippen LogP contribution in [0.25, 0.3) is 21.8 Å². The topological polar surface area (TPSA) is 44.5 Å². The number of furan rings is 1. The molecule has 0 N–H and O–H groups in total. The predicted octanol–water partition coefficient (Wildman–Crippen LogP) is 3.80. The van der Waals surface area contributed by atoms with Gasteiger partial charge in [0.1, 0.15) is 11.3 Å². The van der Waals surface area contributed by atoms with Crippen LogP contribution in [-0.2, 0) is 0 Å². The van der Waals surface area contributed by atoms with Crippen LogP contribution < -0.4 is 9.47 Å². The van der Waals surface area contributed by atoms with Crippen LogP contribution in [0.5, 0.6) is 11.5 Å². The second-order valence-electron chi connectivity index (χ2n) is 4.12. The van der Waals surface area contributed by atoms with Gasteiger partial charge < -0.3 is 13.9 Å². The normalized spacial score (nSPS) is 12.8. The molecule has 0 saturated carbocycles. The molecule has 0 atom stereocenters. The third-order valence-electron chi connectivity index (χ3n) is 2.94. The molecule has 0 amide bonds. The summed E-state index contributed by atoms with van der Waals surface area (Å²) in [6.07, 6.45) is 3.35. The molecule has 94 valence electrons. The molecule has 2 aromatic heterocycles. The van der Waals surface area contributed by atoms with E-state index in [-0.39, 0.29) is 6.79 Å². The molecule has 5 heteroatoms. The maximum absolute atomic E-state index is 5.38. The molecule has 0 fully saturated rings. The molecule has 1 aromatic carbocycles. The summed E-state index contributed by atoms with van der Waals surface area (Å²) in [6.45, 7) is 0.288. The Morgan fingerprint density at radius 1 is 1.05 bits per heavy atom. The Kier molecular flexibility index (Phi) is 2.31. The lowest BCUT2D eigenvalue weighted by atomic mass is 10.1. The van der Waals surface area contributed by atoms with Gasteiger partial charge in [0, 0.05) is 16.5 Å². The average Bonchev–Trinajstić information content (AvgIpc) is 3.18. The summed E-state index contributed by atoms with van der Waals surface area (Å²) in [5.74, 6) is 1.56. The van der Waals surface area contributed by atoms with Crippen LogP contribution in [0.2, 0.25) is 0 Å². The van der Waals surface area contributed by atoms with Crippen LogP contribution in [0.15, 0.2) is 46.6 Å². The lowest BCUT2D eigenvalue weighted by molar-refractivity contribution is 0.174. The van der Waals surface area contributed by atoms with Crippen molar-refractivity contribution in [3.8, 4) is 33.3 Å². The van der Waals surface area contributed by atoms with Crippen molar-refractivity contribution in [1.29, 1.82) is 0 Å². The van der Waals surface area contributed by atoms with E-state index in [2.05, 4.69) is 4.98 Å². The van der Waals surface area contributed by atoms with E-state index < -0.39 is 0 Å². The van der Waals surface area contributed by atoms with Crippen molar-refractivity contribution < 1.29 is 13.9 Å². The predicted molar refractivity (Wildman–Crippen MR) is 71.4 cm³/mol. The Morgan fingerprint density at radius 3 is 2.89 bits per heavy atom. The Bertz CT molecular complexity index is 718. The first-order valence-corrected chi connectivity index (χ1v) is 6.66. The SMILES string of the molecule is c1cc(-c2nc(-c3ccc4c(c3)OCO4)cs2)co1. The standard InChI is InChI=1S/C14H9NO3S/c1-2-12-13(18-8-17-12)5-9(1)11-7-19-14(15-11)10-3-4-16-6-10/h1-7H,8H2. The van der Waals surface area contributed by atoms with Crippen LogP contribution in [-0.4, -0.2) is 11.8 Å². The first-order valence-electron chi connectivity index (χ1n) is 5.78. The molecule has 1 aliphatic heterocycles. The minimum absolute atomic E-state index is 0.288. The maximum atomic E-state index is 5.38. The summed E-state index contributed by atoms with van der Waals surface area (Å²) in [5.41, 5.74) is 2.95. The van der Waals surface area contributed by atoms with Gasteiger partial charge in [-0.25, -0.2) is 4.98 Å². The lowest BCUT2D eigenvalue weighted by Crippen LogP contribution is -1.92. The summed E-state index contributed by atoms with van der Waals surface area (Å²) in [7, 11) is 0. The Labute approximate surface area is 113 Å². The largest absolute Gasteiger partial charge is 0.472 e. The Hall–Kier alpha value is -2.27. The highest BCUT2D eigenvalue weighted by Crippen LogP contribution is 2.37. The van der Waals surface area contributed by atoms with Gasteiger partial charge in [-0.15, -0.1) is 11.3 Å². The Morgan fingerprint density at radius 2 is 2.00 bits per heavy atom. The van der Waals surface area contributed by atoms with E-state index in [0.717, 1.165) is 33.3 Å². The molecule has 0 unspecified atom stereocenters. The van der Waals surface area contributed by atoms with Crippen molar-refractivity contribution >= 4 is 11.3 Å². The first kappa shape index (κ1) is 10.6. The zero-order chi connectivity index (χ0) is 12.7. The molecule has 0 radical (unpaired) electrons. The van der Waals surface area contributed by atoms with Crippen LogP contribution in [0.3, 0.4) is 0 Å². The van der Waals surface area contributed by atoms with Crippen LogP contribution >= 0.6 is 11.3 Å². The highest BCUT2D eigenvalue weighted by atomic mass is 32.1. The summed E-state index contributed by atoms with van der Waals surface area (Å²) < 4.78 is 15.8. The van der Waals surface area contributed by atoms with E-state index >= 15 is 0 Å². The van der Waals surface area contributed by atoms with Crippen LogP contribution in [0, 0.1) is 0 Å². The Balaban J connectivity index is 1.73. The molecule has 0 spiro atoms. The van der Waals surface area contributed by atoms with Gasteiger partial charge in [0.15, 0.2) is 11.5 Å². The summed E-state index contributed by atoms with van der Waals surface area (Å²) in [4.78, 5) is 4.61. The van der Waals surface area contributed by atoms with E-state index in [1.54, 1.807) is 23.9 Å². The number of hydrogen-bond acceptors (Lipinski definition) is 5. The third kappa shape index (κ3) is 1.79. The monoisotopic (exact) mass is 271 g/mol. The highest BCUT2D eigenvalue weighted by molar-refractivity contribution is 7.13. The van der Waals surface area contributed by atoms with Crippen molar-refractivity contribution in [1.82, 2.24) is 4.98 Å². The second-order valence-corrected chi connectivity index (χ2v) is 4.98. The zero-order valence-electron chi connectivity index (χ0n) is 9.83. The number of ether oxygens (including phenoxy) is 2. The fourth-order valence-electron chi connectivity index (χ4n) is 1.98. The van der Waals surface area contributed by atoms with Crippen molar-refractivity contribution in [2.45, 2.75) is 0 Å². The average molecular weight is 271 g/mol. The molecule has 0 bridgehead atoms. The van der Waals surface area contributed by atoms with Crippen molar-refractivity contribution in [3.63, 3.8) is 0 Å². The van der Waals surface area contributed by atoms with Gasteiger partial charge in [0.25, 0.3) is 0 Å². The summed E-state index contributed by atoms with van der Waals surface area (Å²) >= 11 is 1.59. The molecule has 0 saturated heterocycles. The molecule has 19 heavy (non-hydrogen) atoms. The van der Waals surface area contributed by atoms with Gasteiger partial charge in [-0.2, -0.15) is 0 Å². The number of aromatic nitrogens is 1. The van der Waals surface area contributed by atoms with Gasteiger partial charge >= 0.3 is 0 Å². The van der Waals surface area contributed by atoms with Gasteiger partial charge in [0.05, 0.1) is 12.0 Å². The summed E-state index contributed by atoms with van der Waals surface area (Å²) in [5, 5.41) is 2.97. The van der Waals surface area contributed by atoms with Gasteiger partial charge in [0.2, 0.25) is 6.79 Å². The lowest BCUT2D eigenvalue weighted by Gasteiger charge is -1.99. The van der Waals surface area contributed by atoms with E-state index in [1.165, 1.54) is 0 Å². The quantitative estimate of drug-likeness (QED) is 0.711. The van der Waals surface area contributed by atoms with Gasteiger partial charge in [-0.1, -0.05) is 0 Å². The number of nitrogens with zero attached hydrogens (tertiary/aromatic N) is 1. The summed E-state index contributed by atoms with van der Waals surface area (Å²) in [6, 6.07) is 7.76. The number of hydrogen-bond donors (Lipinski definition) is 0.